The molecular weight excluding hydrogens is 199 g/mol. The van der Waals surface area contributed by atoms with Crippen molar-refractivity contribution in [2.75, 3.05) is 19.6 Å². The quantitative estimate of drug-likeness (QED) is 0.734. The highest BCUT2D eigenvalue weighted by Gasteiger charge is 2.37. The molecule has 1 saturated heterocycles. The van der Waals surface area contributed by atoms with Gasteiger partial charge in [0.15, 0.2) is 0 Å². The van der Waals surface area contributed by atoms with E-state index in [0.717, 1.165) is 4.90 Å². The van der Waals surface area contributed by atoms with Crippen molar-refractivity contribution in [2.45, 2.75) is 26.4 Å². The molecule has 1 aliphatic rings. The molecule has 3 N–H and O–H groups in total. The molecule has 5 heteroatoms. The molecule has 15 heavy (non-hydrogen) atoms. The number of amides is 1. The van der Waals surface area contributed by atoms with Crippen LogP contribution in [0.1, 0.15) is 20.3 Å². The van der Waals surface area contributed by atoms with E-state index in [0.29, 0.717) is 19.5 Å². The van der Waals surface area contributed by atoms with Crippen molar-refractivity contribution < 1.29 is 14.3 Å². The van der Waals surface area contributed by atoms with Gasteiger partial charge in [-0.2, -0.15) is 0 Å². The maximum atomic E-state index is 13.4. The Hall–Kier alpha value is -0.840. The molecule has 0 aromatic heterocycles. The average Bonchev–Trinajstić information content (AvgIpc) is 2.16. The van der Waals surface area contributed by atoms with E-state index in [1.807, 2.05) is 13.8 Å². The molecule has 0 radical (unpaired) electrons. The SMILES string of the molecule is CC(C)(CN)[C@H]1C[C@@H](F)CN(C(=O)O)C1. The number of carbonyl (C=O) groups is 1. The number of hydrogen-bond acceptors (Lipinski definition) is 2. The van der Waals surface area contributed by atoms with Crippen LogP contribution in [0.25, 0.3) is 0 Å². The van der Waals surface area contributed by atoms with E-state index < -0.39 is 12.3 Å². The zero-order valence-corrected chi connectivity index (χ0v) is 9.24. The number of nitrogens with two attached hydrogens (primary N) is 1. The molecule has 0 aromatic rings. The van der Waals surface area contributed by atoms with Crippen LogP contribution < -0.4 is 5.73 Å². The smallest absolute Gasteiger partial charge is 0.407 e. The predicted molar refractivity (Wildman–Crippen MR) is 55.4 cm³/mol. The highest BCUT2D eigenvalue weighted by Crippen LogP contribution is 2.33. The van der Waals surface area contributed by atoms with Gasteiger partial charge in [0.25, 0.3) is 0 Å². The maximum absolute atomic E-state index is 13.4. The van der Waals surface area contributed by atoms with Gasteiger partial charge in [0.2, 0.25) is 0 Å². The predicted octanol–water partition coefficient (Wildman–Crippen LogP) is 1.31. The van der Waals surface area contributed by atoms with Crippen LogP contribution in [-0.2, 0) is 0 Å². The van der Waals surface area contributed by atoms with Crippen LogP contribution >= 0.6 is 0 Å². The normalized spacial score (nSPS) is 27.9. The first-order valence-electron chi connectivity index (χ1n) is 5.19. The molecule has 0 bridgehead atoms. The van der Waals surface area contributed by atoms with Crippen molar-refractivity contribution in [1.82, 2.24) is 4.90 Å². The molecule has 2 atom stereocenters. The Bertz CT molecular complexity index is 246. The summed E-state index contributed by atoms with van der Waals surface area (Å²) in [6.45, 7) is 4.73. The fraction of sp³-hybridized carbons (Fsp3) is 0.900. The van der Waals surface area contributed by atoms with E-state index in [1.165, 1.54) is 0 Å². The minimum absolute atomic E-state index is 0.00218. The lowest BCUT2D eigenvalue weighted by atomic mass is 9.74. The zero-order chi connectivity index (χ0) is 11.6. The topological polar surface area (TPSA) is 66.6 Å². The molecule has 4 nitrogen and oxygen atoms in total. The molecule has 0 spiro atoms. The summed E-state index contributed by atoms with van der Waals surface area (Å²) < 4.78 is 13.4. The second-order valence-electron chi connectivity index (χ2n) is 4.91. The van der Waals surface area contributed by atoms with Gasteiger partial charge in [-0.15, -0.1) is 0 Å². The largest absolute Gasteiger partial charge is 0.465 e. The van der Waals surface area contributed by atoms with Crippen LogP contribution in [0, 0.1) is 11.3 Å². The Morgan fingerprint density at radius 3 is 2.67 bits per heavy atom. The van der Waals surface area contributed by atoms with E-state index in [4.69, 9.17) is 10.8 Å². The Morgan fingerprint density at radius 2 is 2.20 bits per heavy atom. The summed E-state index contributed by atoms with van der Waals surface area (Å²) in [5.74, 6) is 0.00218. The van der Waals surface area contributed by atoms with Crippen molar-refractivity contribution in [2.24, 2.45) is 17.1 Å². The molecule has 0 aromatic carbocycles. The van der Waals surface area contributed by atoms with E-state index in [2.05, 4.69) is 0 Å². The number of halogens is 1. The maximum Gasteiger partial charge on any atom is 0.407 e. The third-order valence-electron chi connectivity index (χ3n) is 3.30. The fourth-order valence-electron chi connectivity index (χ4n) is 1.93. The number of likely N-dealkylation sites (tertiary alicyclic amines) is 1. The molecule has 1 rings (SSSR count). The van der Waals surface area contributed by atoms with E-state index in [9.17, 15) is 9.18 Å². The zero-order valence-electron chi connectivity index (χ0n) is 9.24. The number of hydrogen-bond donors (Lipinski definition) is 2. The number of piperidine rings is 1. The number of carboxylic acid groups (broad SMARTS) is 1. The van der Waals surface area contributed by atoms with Crippen LogP contribution in [0.15, 0.2) is 0 Å². The van der Waals surface area contributed by atoms with Crippen molar-refractivity contribution in [1.29, 1.82) is 0 Å². The van der Waals surface area contributed by atoms with E-state index in [-0.39, 0.29) is 17.9 Å². The third kappa shape index (κ3) is 2.81. The van der Waals surface area contributed by atoms with Gasteiger partial charge in [-0.1, -0.05) is 13.8 Å². The standard InChI is InChI=1S/C10H19FN2O2/c1-10(2,6-12)7-3-8(11)5-13(4-7)9(14)15/h7-8H,3-6,12H2,1-2H3,(H,14,15)/t7-,8+/m0/s1. The molecule has 1 aliphatic heterocycles. The van der Waals surface area contributed by atoms with Gasteiger partial charge in [-0.05, 0) is 24.3 Å². The molecule has 0 saturated carbocycles. The number of alkyl halides is 1. The second kappa shape index (κ2) is 4.35. The highest BCUT2D eigenvalue weighted by atomic mass is 19.1. The molecule has 1 heterocycles. The minimum Gasteiger partial charge on any atom is -0.465 e. The molecule has 1 fully saturated rings. The average molecular weight is 218 g/mol. The molecule has 0 unspecified atom stereocenters. The van der Waals surface area contributed by atoms with Crippen molar-refractivity contribution in [3.05, 3.63) is 0 Å². The summed E-state index contributed by atoms with van der Waals surface area (Å²) in [5.41, 5.74) is 5.41. The Balaban J connectivity index is 2.71. The third-order valence-corrected chi connectivity index (χ3v) is 3.30. The molecule has 1 amide bonds. The van der Waals surface area contributed by atoms with Crippen molar-refractivity contribution >= 4 is 6.09 Å². The number of rotatable bonds is 2. The Labute approximate surface area is 89.2 Å². The molecule has 88 valence electrons. The summed E-state index contributed by atoms with van der Waals surface area (Å²) in [6, 6.07) is 0. The summed E-state index contributed by atoms with van der Waals surface area (Å²) >= 11 is 0. The van der Waals surface area contributed by atoms with E-state index in [1.54, 1.807) is 0 Å². The van der Waals surface area contributed by atoms with Crippen LogP contribution in [-0.4, -0.2) is 41.9 Å². The van der Waals surface area contributed by atoms with Crippen LogP contribution in [0.4, 0.5) is 9.18 Å². The van der Waals surface area contributed by atoms with Crippen LogP contribution in [0.2, 0.25) is 0 Å². The van der Waals surface area contributed by atoms with E-state index >= 15 is 0 Å². The lowest BCUT2D eigenvalue weighted by Gasteiger charge is -2.41. The number of nitrogens with zero attached hydrogens (tertiary/aromatic N) is 1. The van der Waals surface area contributed by atoms with Gasteiger partial charge in [0, 0.05) is 6.54 Å². The summed E-state index contributed by atoms with van der Waals surface area (Å²) in [7, 11) is 0. The van der Waals surface area contributed by atoms with Crippen molar-refractivity contribution in [3.8, 4) is 0 Å². The Morgan fingerprint density at radius 1 is 1.60 bits per heavy atom. The fourth-order valence-corrected chi connectivity index (χ4v) is 1.93. The first-order valence-corrected chi connectivity index (χ1v) is 5.19. The Kier molecular flexibility index (Phi) is 3.54. The van der Waals surface area contributed by atoms with Crippen molar-refractivity contribution in [3.63, 3.8) is 0 Å². The first-order chi connectivity index (χ1) is 6.86. The summed E-state index contributed by atoms with van der Waals surface area (Å²) in [4.78, 5) is 11.9. The molecular formula is C10H19FN2O2. The summed E-state index contributed by atoms with van der Waals surface area (Å²) in [6.07, 6.45) is -1.70. The van der Waals surface area contributed by atoms with Gasteiger partial charge in [0.05, 0.1) is 6.54 Å². The van der Waals surface area contributed by atoms with Gasteiger partial charge in [-0.25, -0.2) is 9.18 Å². The highest BCUT2D eigenvalue weighted by molar-refractivity contribution is 5.65. The van der Waals surface area contributed by atoms with Gasteiger partial charge in [0.1, 0.15) is 6.17 Å². The molecule has 0 aliphatic carbocycles. The van der Waals surface area contributed by atoms with Gasteiger partial charge < -0.3 is 15.7 Å². The summed E-state index contributed by atoms with van der Waals surface area (Å²) in [5, 5.41) is 8.84. The van der Waals surface area contributed by atoms with Crippen LogP contribution in [0.3, 0.4) is 0 Å². The second-order valence-corrected chi connectivity index (χ2v) is 4.91. The lowest BCUT2D eigenvalue weighted by Crippen LogP contribution is -2.49. The van der Waals surface area contributed by atoms with Gasteiger partial charge in [-0.3, -0.25) is 0 Å². The van der Waals surface area contributed by atoms with Crippen LogP contribution in [0.5, 0.6) is 0 Å². The first kappa shape index (κ1) is 12.2. The minimum atomic E-state index is -1.06. The lowest BCUT2D eigenvalue weighted by molar-refractivity contribution is 0.0421. The monoisotopic (exact) mass is 218 g/mol. The van der Waals surface area contributed by atoms with Gasteiger partial charge >= 0.3 is 6.09 Å².